The Bertz CT molecular complexity index is 431. The minimum absolute atomic E-state index is 0.0297. The molecule has 16 heavy (non-hydrogen) atoms. The van der Waals surface area contributed by atoms with E-state index in [1.807, 2.05) is 6.07 Å². The monoisotopic (exact) mass is 255 g/mol. The van der Waals surface area contributed by atoms with E-state index in [4.69, 9.17) is 22.6 Å². The molecule has 1 amide bonds. The van der Waals surface area contributed by atoms with Crippen LogP contribution in [0.4, 0.5) is 5.69 Å². The first kappa shape index (κ1) is 12.7. The van der Waals surface area contributed by atoms with Crippen molar-refractivity contribution < 1.29 is 4.79 Å². The molecule has 0 bridgehead atoms. The van der Waals surface area contributed by atoms with Gasteiger partial charge in [0.05, 0.1) is 22.5 Å². The van der Waals surface area contributed by atoms with Crippen molar-refractivity contribution in [2.45, 2.75) is 4.90 Å². The summed E-state index contributed by atoms with van der Waals surface area (Å²) >= 11 is 7.17. The summed E-state index contributed by atoms with van der Waals surface area (Å²) in [5, 5.41) is 11.2. The van der Waals surface area contributed by atoms with E-state index in [-0.39, 0.29) is 18.2 Å². The van der Waals surface area contributed by atoms with Crippen LogP contribution >= 0.6 is 23.4 Å². The molecule has 0 radical (unpaired) electrons. The molecule has 0 aliphatic heterocycles. The number of thioether (sulfide) groups is 1. The highest BCUT2D eigenvalue weighted by Gasteiger charge is 2.03. The molecule has 3 N–H and O–H groups in total. The molecule has 1 rings (SSSR count). The van der Waals surface area contributed by atoms with Crippen molar-refractivity contribution in [1.82, 2.24) is 5.32 Å². The van der Waals surface area contributed by atoms with Crippen molar-refractivity contribution in [3.8, 4) is 6.07 Å². The number of nitrogen functional groups attached to an aromatic ring is 1. The minimum Gasteiger partial charge on any atom is -0.398 e. The molecule has 6 heteroatoms. The largest absolute Gasteiger partial charge is 0.398 e. The Kier molecular flexibility index (Phi) is 4.96. The zero-order chi connectivity index (χ0) is 12.0. The highest BCUT2D eigenvalue weighted by atomic mass is 35.5. The fourth-order valence-corrected chi connectivity index (χ4v) is 1.95. The number of nitrogens with two attached hydrogens (primary N) is 1. The van der Waals surface area contributed by atoms with E-state index in [9.17, 15) is 4.79 Å². The average Bonchev–Trinajstić information content (AvgIpc) is 2.28. The molecule has 0 aromatic heterocycles. The van der Waals surface area contributed by atoms with Crippen molar-refractivity contribution >= 4 is 35.0 Å². The second-order valence-corrected chi connectivity index (χ2v) is 4.36. The highest BCUT2D eigenvalue weighted by Crippen LogP contribution is 2.25. The fraction of sp³-hybridized carbons (Fsp3) is 0.200. The van der Waals surface area contributed by atoms with E-state index in [0.717, 1.165) is 4.90 Å². The Balaban J connectivity index is 2.46. The molecule has 0 aliphatic carbocycles. The van der Waals surface area contributed by atoms with Gasteiger partial charge in [-0.15, -0.1) is 11.8 Å². The van der Waals surface area contributed by atoms with Gasteiger partial charge in [0.2, 0.25) is 5.91 Å². The number of carbonyl (C=O) groups is 1. The molecule has 84 valence electrons. The normalized spacial score (nSPS) is 9.50. The van der Waals surface area contributed by atoms with Gasteiger partial charge < -0.3 is 11.1 Å². The third kappa shape index (κ3) is 4.01. The highest BCUT2D eigenvalue weighted by molar-refractivity contribution is 8.00. The maximum Gasteiger partial charge on any atom is 0.231 e. The zero-order valence-electron chi connectivity index (χ0n) is 8.37. The van der Waals surface area contributed by atoms with Crippen molar-refractivity contribution in [2.24, 2.45) is 0 Å². The van der Waals surface area contributed by atoms with Crippen LogP contribution in [-0.2, 0) is 4.79 Å². The molecular weight excluding hydrogens is 246 g/mol. The van der Waals surface area contributed by atoms with Crippen LogP contribution in [0.5, 0.6) is 0 Å². The Hall–Kier alpha value is -1.38. The summed E-state index contributed by atoms with van der Waals surface area (Å²) in [6.07, 6.45) is 0. The summed E-state index contributed by atoms with van der Waals surface area (Å²) in [6, 6.07) is 7.03. The molecule has 0 saturated carbocycles. The molecule has 0 saturated heterocycles. The van der Waals surface area contributed by atoms with E-state index in [0.29, 0.717) is 10.7 Å². The van der Waals surface area contributed by atoms with Crippen LogP contribution in [0, 0.1) is 11.3 Å². The van der Waals surface area contributed by atoms with Gasteiger partial charge in [0.25, 0.3) is 0 Å². The van der Waals surface area contributed by atoms with E-state index < -0.39 is 0 Å². The molecule has 0 atom stereocenters. The SMILES string of the molecule is N#CCNC(=O)CSc1ccc(N)c(Cl)c1. The molecule has 0 heterocycles. The number of benzene rings is 1. The van der Waals surface area contributed by atoms with Crippen LogP contribution in [-0.4, -0.2) is 18.2 Å². The molecule has 4 nitrogen and oxygen atoms in total. The first-order chi connectivity index (χ1) is 7.63. The van der Waals surface area contributed by atoms with Crippen LogP contribution in [0.1, 0.15) is 0 Å². The topological polar surface area (TPSA) is 78.9 Å². The first-order valence-electron chi connectivity index (χ1n) is 4.45. The van der Waals surface area contributed by atoms with E-state index in [1.165, 1.54) is 11.8 Å². The number of hydrogen-bond donors (Lipinski definition) is 2. The molecular formula is C10H10ClN3OS. The van der Waals surface area contributed by atoms with Gasteiger partial charge in [-0.1, -0.05) is 11.6 Å². The number of nitrogens with one attached hydrogen (secondary N) is 1. The summed E-state index contributed by atoms with van der Waals surface area (Å²) in [7, 11) is 0. The number of anilines is 1. The fourth-order valence-electron chi connectivity index (χ4n) is 0.936. The summed E-state index contributed by atoms with van der Waals surface area (Å²) in [4.78, 5) is 12.1. The second-order valence-electron chi connectivity index (χ2n) is 2.91. The van der Waals surface area contributed by atoms with Gasteiger partial charge in [-0.3, -0.25) is 4.79 Å². The van der Waals surface area contributed by atoms with E-state index in [2.05, 4.69) is 5.32 Å². The predicted octanol–water partition coefficient (Wildman–Crippen LogP) is 1.65. The van der Waals surface area contributed by atoms with Crippen LogP contribution < -0.4 is 11.1 Å². The molecule has 0 unspecified atom stereocenters. The van der Waals surface area contributed by atoms with Crippen molar-refractivity contribution in [3.05, 3.63) is 23.2 Å². The van der Waals surface area contributed by atoms with Crippen molar-refractivity contribution in [2.75, 3.05) is 18.0 Å². The third-order valence-electron chi connectivity index (χ3n) is 1.71. The molecule has 0 fully saturated rings. The van der Waals surface area contributed by atoms with Gasteiger partial charge in [-0.2, -0.15) is 5.26 Å². The lowest BCUT2D eigenvalue weighted by Crippen LogP contribution is -2.25. The number of halogens is 1. The number of carbonyl (C=O) groups excluding carboxylic acids is 1. The summed E-state index contributed by atoms with van der Waals surface area (Å²) < 4.78 is 0. The maximum atomic E-state index is 11.2. The van der Waals surface area contributed by atoms with Crippen molar-refractivity contribution in [1.29, 1.82) is 5.26 Å². The second kappa shape index (κ2) is 6.26. The van der Waals surface area contributed by atoms with Crippen LogP contribution in [0.2, 0.25) is 5.02 Å². The van der Waals surface area contributed by atoms with E-state index >= 15 is 0 Å². The van der Waals surface area contributed by atoms with Crippen LogP contribution in [0.15, 0.2) is 23.1 Å². The minimum atomic E-state index is -0.181. The van der Waals surface area contributed by atoms with Crippen LogP contribution in [0.3, 0.4) is 0 Å². The van der Waals surface area contributed by atoms with Gasteiger partial charge >= 0.3 is 0 Å². The molecule has 0 spiro atoms. The summed E-state index contributed by atoms with van der Waals surface area (Å²) in [6.45, 7) is 0.0297. The molecule has 0 aliphatic rings. The Morgan fingerprint density at radius 2 is 2.38 bits per heavy atom. The first-order valence-corrected chi connectivity index (χ1v) is 5.81. The molecule has 1 aromatic rings. The number of amides is 1. The summed E-state index contributed by atoms with van der Waals surface area (Å²) in [5.74, 6) is 0.0709. The van der Waals surface area contributed by atoms with Gasteiger partial charge in [-0.05, 0) is 18.2 Å². The Labute approximate surface area is 103 Å². The van der Waals surface area contributed by atoms with Gasteiger partial charge in [0, 0.05) is 4.90 Å². The number of rotatable bonds is 4. The number of hydrogen-bond acceptors (Lipinski definition) is 4. The average molecular weight is 256 g/mol. The molecule has 1 aromatic carbocycles. The Morgan fingerprint density at radius 1 is 1.62 bits per heavy atom. The van der Waals surface area contributed by atoms with Gasteiger partial charge in [0.1, 0.15) is 6.54 Å². The lowest BCUT2D eigenvalue weighted by atomic mass is 10.3. The maximum absolute atomic E-state index is 11.2. The van der Waals surface area contributed by atoms with Crippen LogP contribution in [0.25, 0.3) is 0 Å². The van der Waals surface area contributed by atoms with E-state index in [1.54, 1.807) is 18.2 Å². The lowest BCUT2D eigenvalue weighted by molar-refractivity contribution is -0.118. The van der Waals surface area contributed by atoms with Gasteiger partial charge in [-0.25, -0.2) is 0 Å². The standard InChI is InChI=1S/C10H10ClN3OS/c11-8-5-7(1-2-9(8)13)16-6-10(15)14-4-3-12/h1-2,5H,4,6,13H2,(H,14,15). The summed E-state index contributed by atoms with van der Waals surface area (Å²) in [5.41, 5.74) is 6.07. The third-order valence-corrected chi connectivity index (χ3v) is 3.03. The predicted molar refractivity (Wildman–Crippen MR) is 65.2 cm³/mol. The number of nitrogens with zero attached hydrogens (tertiary/aromatic N) is 1. The smallest absolute Gasteiger partial charge is 0.231 e. The zero-order valence-corrected chi connectivity index (χ0v) is 9.94. The Morgan fingerprint density at radius 3 is 3.00 bits per heavy atom. The lowest BCUT2D eigenvalue weighted by Gasteiger charge is -2.03. The van der Waals surface area contributed by atoms with Gasteiger partial charge in [0.15, 0.2) is 0 Å². The quantitative estimate of drug-likeness (QED) is 0.487. The van der Waals surface area contributed by atoms with Crippen molar-refractivity contribution in [3.63, 3.8) is 0 Å². The number of nitriles is 1.